The molecule has 4 aromatic heterocycles. The smallest absolute Gasteiger partial charge is 0.870 e. The second kappa shape index (κ2) is 46.1. The molecule has 11 rings (SSSR count). The topological polar surface area (TPSA) is 383 Å². The number of carbonyl (C=O) groups is 4. The zero-order chi connectivity index (χ0) is 72.1. The first-order valence-corrected chi connectivity index (χ1v) is 30.7. The van der Waals surface area contributed by atoms with Crippen LogP contribution in [0.2, 0.25) is 15.7 Å². The fraction of sp³-hybridized carbons (Fsp3) is 0.127. The van der Waals surface area contributed by atoms with Crippen LogP contribution in [0.25, 0.3) is 0 Å². The van der Waals surface area contributed by atoms with Crippen LogP contribution in [-0.4, -0.2) is 110 Å². The number of aromatic carboxylic acids is 1. The number of benzene rings is 7. The minimum Gasteiger partial charge on any atom is -0.870 e. The van der Waals surface area contributed by atoms with Crippen LogP contribution >= 0.6 is 34.8 Å². The number of hydrogen-bond acceptors (Lipinski definition) is 25. The number of carboxylic acids is 1. The summed E-state index contributed by atoms with van der Waals surface area (Å²) in [5.74, 6) is 0.730. The van der Waals surface area contributed by atoms with Gasteiger partial charge in [-0.05, 0) is 160 Å². The Labute approximate surface area is 642 Å². The molecule has 11 aromatic rings. The van der Waals surface area contributed by atoms with Crippen molar-refractivity contribution in [2.24, 2.45) is 0 Å². The number of methoxy groups -OCH3 is 3. The summed E-state index contributed by atoms with van der Waals surface area (Å²) >= 11 is 16.7. The molecule has 0 saturated heterocycles. The van der Waals surface area contributed by atoms with Crippen molar-refractivity contribution in [3.8, 4) is 0 Å². The summed E-state index contributed by atoms with van der Waals surface area (Å²) in [7, 11) is 7.32. The molecule has 0 fully saturated rings. The average molecular weight is 1460 g/mol. The Bertz CT molecular complexity index is 4370. The molecule has 0 aliphatic rings. The third kappa shape index (κ3) is 31.2. The largest absolute Gasteiger partial charge is 1.00 e. The summed E-state index contributed by atoms with van der Waals surface area (Å²) in [6.07, 6.45) is 6.66. The molecule has 101 heavy (non-hydrogen) atoms. The van der Waals surface area contributed by atoms with Crippen molar-refractivity contribution in [2.45, 2.75) is 27.7 Å². The number of anilines is 12. The zero-order valence-electron chi connectivity index (χ0n) is 56.7. The molecule has 0 atom stereocenters. The van der Waals surface area contributed by atoms with E-state index in [1.165, 1.54) is 21.3 Å². The Kier molecular flexibility index (Phi) is 38.8. The van der Waals surface area contributed by atoms with Crippen LogP contribution in [0.1, 0.15) is 63.7 Å². The molecule has 0 spiro atoms. The molecule has 4 heterocycles. The van der Waals surface area contributed by atoms with Gasteiger partial charge in [-0.15, -0.1) is 0 Å². The van der Waals surface area contributed by atoms with Gasteiger partial charge in [-0.25, -0.2) is 54.6 Å². The van der Waals surface area contributed by atoms with E-state index in [0.29, 0.717) is 62.6 Å². The van der Waals surface area contributed by atoms with Crippen molar-refractivity contribution >= 4 is 128 Å². The molecule has 520 valence electrons. The summed E-state index contributed by atoms with van der Waals surface area (Å²) in [6, 6.07) is 56.1. The number of nitrogens with two attached hydrogens (primary N) is 2. The second-order valence-corrected chi connectivity index (χ2v) is 21.1. The first kappa shape index (κ1) is 85.0. The van der Waals surface area contributed by atoms with Crippen molar-refractivity contribution < 1.29 is 100 Å². The average Bonchev–Trinajstić information content (AvgIpc) is 0.872. The van der Waals surface area contributed by atoms with Gasteiger partial charge in [0.1, 0.15) is 22.6 Å². The summed E-state index contributed by atoms with van der Waals surface area (Å²) in [6.45, 7) is 7.48. The maximum atomic E-state index is 11.7. The van der Waals surface area contributed by atoms with Gasteiger partial charge in [0, 0.05) is 93.9 Å². The van der Waals surface area contributed by atoms with E-state index in [2.05, 4.69) is 86.2 Å². The van der Waals surface area contributed by atoms with E-state index in [1.807, 2.05) is 131 Å². The number of nitrogens with zero attached hydrogens (tertiary/aromatic N) is 8. The predicted octanol–water partition coefficient (Wildman–Crippen LogP) is 12.0. The zero-order valence-corrected chi connectivity index (χ0v) is 62.1. The molecular formula is C71H74Cl3KN16O10. The molecular weight excluding hydrogens is 1380 g/mol. The molecule has 0 radical (unpaired) electrons. The quantitative estimate of drug-likeness (QED) is 0.00875. The van der Waals surface area contributed by atoms with Crippen molar-refractivity contribution in [2.75, 3.05) is 73.5 Å². The van der Waals surface area contributed by atoms with Crippen LogP contribution in [-0.2, 0) is 19.0 Å². The van der Waals surface area contributed by atoms with Gasteiger partial charge < -0.3 is 67.7 Å². The number of halogens is 3. The molecule has 0 saturated carbocycles. The van der Waals surface area contributed by atoms with E-state index < -0.39 is 5.97 Å². The fourth-order valence-corrected chi connectivity index (χ4v) is 8.01. The number of carbonyl (C=O) groups excluding carboxylic acids is 3. The summed E-state index contributed by atoms with van der Waals surface area (Å²) in [5, 5.41) is 25.6. The normalized spacial score (nSPS) is 9.58. The number of aryl methyl sites for hydroxylation is 4. The van der Waals surface area contributed by atoms with Crippen molar-refractivity contribution in [3.63, 3.8) is 0 Å². The number of para-hydroxylation sites is 3. The number of aromatic nitrogens is 8. The SMILES string of the molecule is CNOC.COC(=O)c1cccc(N)c1.COC(=O)c1cccc(Nc2nc(Cl)ncc2C)c1.COC(=O)c1cccc(Nc2nc(Nc3ccccc3)ncc2C)c1.Cc1cnc(Cl)nc1Cl.Cc1cnc(Nc2ccccc2)nc1Nc1cccc(C(=O)O)c1.Nc1ccccc1.[K+].[OH-]. The molecule has 30 heteroatoms. The van der Waals surface area contributed by atoms with Crippen molar-refractivity contribution in [1.82, 2.24) is 45.4 Å². The van der Waals surface area contributed by atoms with E-state index in [1.54, 1.807) is 124 Å². The monoisotopic (exact) mass is 1450 g/mol. The Morgan fingerprint density at radius 1 is 0.396 bits per heavy atom. The standard InChI is InChI=1S/C19H18N4O2.C18H16N4O2.C13H12ClN3O2.C8H9NO2.C6H7N.C5H4Cl2N2.C2H7NO.K.H2O/c1-13-12-20-19(22-15-8-4-3-5-9-15)23-17(13)21-16-10-6-7-14(11-16)18(24)25-2;1-12-11-19-18(21-14-7-3-2-4-8-14)22-16(12)20-15-9-5-6-13(10-15)17(23)24;1-8-7-15-13(14)17-11(8)16-10-5-3-4-9(6-10)12(18)19-2;1-11-8(10)6-3-2-4-7(9)5-6;7-6-4-2-1-3-5-6;1-3-2-8-5(7)9-4(3)6;1-3-4-2;;/h3-12H,1-2H3,(H2,20,21,22,23);2-11H,1H3,(H,23,24)(H2,19,20,21,22);3-7H,1-2H3,(H,15,16,17);2-5H,9H2,1H3;1-5H,7H2;2H,1H3;3H,1-2H3;;1H2/q;;;;;;;+1;/p-1. The second-order valence-electron chi connectivity index (χ2n) is 20.1. The first-order valence-electron chi connectivity index (χ1n) is 29.5. The molecule has 0 amide bonds. The first-order chi connectivity index (χ1) is 47.6. The van der Waals surface area contributed by atoms with Crippen LogP contribution < -0.4 is 94.9 Å². The van der Waals surface area contributed by atoms with Crippen molar-refractivity contribution in [1.29, 1.82) is 0 Å². The number of hydroxylamine groups is 1. The van der Waals surface area contributed by atoms with Gasteiger partial charge in [0.25, 0.3) is 0 Å². The van der Waals surface area contributed by atoms with Gasteiger partial charge in [0.05, 0.1) is 50.7 Å². The fourth-order valence-electron chi connectivity index (χ4n) is 7.57. The summed E-state index contributed by atoms with van der Waals surface area (Å²) in [4.78, 5) is 82.2. The van der Waals surface area contributed by atoms with Crippen LogP contribution in [0, 0.1) is 27.7 Å². The molecule has 12 N–H and O–H groups in total. The number of nitrogen functional groups attached to an aromatic ring is 2. The number of esters is 3. The number of nitrogens with one attached hydrogen (secondary N) is 6. The molecule has 26 nitrogen and oxygen atoms in total. The third-order valence-corrected chi connectivity index (χ3v) is 13.3. The third-order valence-electron chi connectivity index (χ3n) is 12.6. The summed E-state index contributed by atoms with van der Waals surface area (Å²) in [5.41, 5.74) is 23.6. The molecule has 0 aliphatic heterocycles. The van der Waals surface area contributed by atoms with E-state index in [0.717, 1.165) is 50.7 Å². The van der Waals surface area contributed by atoms with Gasteiger partial charge >= 0.3 is 75.3 Å². The van der Waals surface area contributed by atoms with Crippen LogP contribution in [0.3, 0.4) is 0 Å². The van der Waals surface area contributed by atoms with Crippen LogP contribution in [0.15, 0.2) is 213 Å². The van der Waals surface area contributed by atoms with E-state index >= 15 is 0 Å². The van der Waals surface area contributed by atoms with E-state index in [9.17, 15) is 19.2 Å². The van der Waals surface area contributed by atoms with Crippen LogP contribution in [0.5, 0.6) is 0 Å². The van der Waals surface area contributed by atoms with Crippen molar-refractivity contribution in [3.05, 3.63) is 273 Å². The maximum Gasteiger partial charge on any atom is 1.00 e. The molecule has 7 aromatic carbocycles. The molecule has 0 bridgehead atoms. The molecule has 0 aliphatic carbocycles. The Hall–Kier alpha value is -10.3. The summed E-state index contributed by atoms with van der Waals surface area (Å²) < 4.78 is 13.9. The number of carboxylic acid groups (broad SMARTS) is 1. The number of ether oxygens (including phenoxy) is 3. The Morgan fingerprint density at radius 3 is 1.06 bits per heavy atom. The van der Waals surface area contributed by atoms with Gasteiger partial charge in [0.2, 0.25) is 22.5 Å². The number of rotatable bonds is 15. The Balaban J connectivity index is 0.000000325. The predicted molar refractivity (Wildman–Crippen MR) is 391 cm³/mol. The van der Waals surface area contributed by atoms with Gasteiger partial charge in [-0.1, -0.05) is 90.5 Å². The van der Waals surface area contributed by atoms with E-state index in [4.69, 9.17) is 56.1 Å². The van der Waals surface area contributed by atoms with Gasteiger partial charge in [-0.3, -0.25) is 0 Å². The maximum absolute atomic E-state index is 11.7. The minimum atomic E-state index is -0.968. The number of hydrogen-bond donors (Lipinski definition) is 9. The van der Waals surface area contributed by atoms with E-state index in [-0.39, 0.29) is 90.9 Å². The minimum absolute atomic E-state index is 0. The molecule has 0 unspecified atom stereocenters. The van der Waals surface area contributed by atoms with Gasteiger partial charge in [-0.2, -0.15) is 9.97 Å². The van der Waals surface area contributed by atoms with Crippen LogP contribution in [0.4, 0.5) is 69.2 Å². The Morgan fingerprint density at radius 2 is 0.713 bits per heavy atom. The van der Waals surface area contributed by atoms with Gasteiger partial charge in [0.15, 0.2) is 0 Å².